The van der Waals surface area contributed by atoms with Crippen molar-refractivity contribution in [3.05, 3.63) is 53.7 Å². The summed E-state index contributed by atoms with van der Waals surface area (Å²) in [6, 6.07) is 6.45. The van der Waals surface area contributed by atoms with Gasteiger partial charge in [0.15, 0.2) is 5.78 Å². The van der Waals surface area contributed by atoms with Crippen LogP contribution in [0.3, 0.4) is 0 Å². The number of hydrogen-bond acceptors (Lipinski definition) is 2. The minimum absolute atomic E-state index is 0.195. The Balaban J connectivity index is 2.14. The smallest absolute Gasteiger partial charge is 0.170 e. The predicted octanol–water partition coefficient (Wildman–Crippen LogP) is 3.13. The Morgan fingerprint density at radius 3 is 3.14 bits per heavy atom. The van der Waals surface area contributed by atoms with E-state index < -0.39 is 43.3 Å². The maximum atomic E-state index is 13.7. The Kier molecular flexibility index (Phi) is 1.50. The Bertz CT molecular complexity index is 1260. The number of fused-ring (bicyclic) bond motifs is 3. The van der Waals surface area contributed by atoms with Gasteiger partial charge in [-0.3, -0.25) is 4.79 Å². The van der Waals surface area contributed by atoms with Crippen molar-refractivity contribution in [2.24, 2.45) is 12.9 Å². The van der Waals surface area contributed by atoms with Gasteiger partial charge in [-0.2, -0.15) is 0 Å². The van der Waals surface area contributed by atoms with E-state index in [-0.39, 0.29) is 22.5 Å². The highest BCUT2D eigenvalue weighted by atomic mass is 16.1. The first-order valence-corrected chi connectivity index (χ1v) is 6.79. The lowest BCUT2D eigenvalue weighted by atomic mass is 9.85. The van der Waals surface area contributed by atoms with Crippen LogP contribution in [0.2, 0.25) is 0 Å². The van der Waals surface area contributed by atoms with E-state index in [1.807, 2.05) is 0 Å². The van der Waals surface area contributed by atoms with Crippen LogP contribution in [0.5, 0.6) is 0 Å². The molecule has 1 unspecified atom stereocenters. The monoisotopic (exact) mass is 302 g/mol. The minimum Gasteiger partial charge on any atom is -0.347 e. The lowest BCUT2D eigenvalue weighted by molar-refractivity contribution is 0.0888. The number of carbonyl (C=O) groups excluding carboxylic acids is 1. The average Bonchev–Trinajstić information content (AvgIpc) is 3.12. The van der Waals surface area contributed by atoms with E-state index in [2.05, 4.69) is 4.98 Å². The molecule has 0 fully saturated rings. The predicted molar refractivity (Wildman–Crippen MR) is 86.0 cm³/mol. The molecule has 22 heavy (non-hydrogen) atoms. The molecule has 0 amide bonds. The largest absolute Gasteiger partial charge is 0.347 e. The summed E-state index contributed by atoms with van der Waals surface area (Å²) in [5, 5.41) is 0.284. The number of rotatable bonds is 2. The molecule has 3 aromatic rings. The van der Waals surface area contributed by atoms with Gasteiger partial charge in [-0.1, -0.05) is 18.2 Å². The zero-order chi connectivity index (χ0) is 23.3. The average molecular weight is 302 g/mol. The highest BCUT2D eigenvalue weighted by Gasteiger charge is 2.32. The van der Waals surface area contributed by atoms with Crippen LogP contribution in [-0.4, -0.2) is 19.9 Å². The zero-order valence-corrected chi connectivity index (χ0v) is 12.1. The second-order valence-electron chi connectivity index (χ2n) is 5.08. The Hall–Kier alpha value is -2.36. The summed E-state index contributed by atoms with van der Waals surface area (Å²) in [6.45, 7) is -1.96. The summed E-state index contributed by atoms with van der Waals surface area (Å²) in [5.41, 5.74) is -0.0803. The maximum absolute atomic E-state index is 13.7. The number of hydrogen-bond donors (Lipinski definition) is 0. The highest BCUT2D eigenvalue weighted by molar-refractivity contribution is 6.11. The van der Waals surface area contributed by atoms with E-state index in [0.29, 0.717) is 10.1 Å². The second kappa shape index (κ2) is 4.83. The summed E-state index contributed by atoms with van der Waals surface area (Å²) in [5.74, 6) is -4.75. The molecule has 4 heteroatoms. The van der Waals surface area contributed by atoms with E-state index in [4.69, 9.17) is 12.3 Å². The first-order valence-electron chi connectivity index (χ1n) is 11.3. The molecular weight excluding hydrogens is 274 g/mol. The van der Waals surface area contributed by atoms with Gasteiger partial charge in [0.25, 0.3) is 0 Å². The SMILES string of the molecule is [2H]c1nc(C)n(C([2H])([2H])C2([2H])C(=O)c3c(n(C)c4ccccc34)C([2H])([2H])C2([2H])[2H])c1[2H]. The van der Waals surface area contributed by atoms with Crippen LogP contribution >= 0.6 is 0 Å². The molecule has 1 aromatic carbocycles. The van der Waals surface area contributed by atoms with Crippen molar-refractivity contribution in [1.29, 1.82) is 0 Å². The Labute approximate surface area is 142 Å². The van der Waals surface area contributed by atoms with Crippen molar-refractivity contribution in [3.8, 4) is 0 Å². The normalized spacial score (nSPS) is 32.5. The molecule has 0 spiro atoms. The van der Waals surface area contributed by atoms with Gasteiger partial charge >= 0.3 is 0 Å². The van der Waals surface area contributed by atoms with Crippen LogP contribution in [0.15, 0.2) is 36.6 Å². The number of Topliss-reactive ketones (excluding diaryl/α,β-unsaturated/α-hetero) is 1. The Morgan fingerprint density at radius 1 is 1.55 bits per heavy atom. The second-order valence-corrected chi connectivity index (χ2v) is 5.08. The van der Waals surface area contributed by atoms with Crippen LogP contribution in [-0.2, 0) is 19.9 Å². The van der Waals surface area contributed by atoms with Gasteiger partial charge in [-0.15, -0.1) is 0 Å². The number of imidazole rings is 1. The number of nitrogens with zero attached hydrogens (tertiary/aromatic N) is 3. The fourth-order valence-electron chi connectivity index (χ4n) is 2.66. The molecule has 4 rings (SSSR count). The van der Waals surface area contributed by atoms with Crippen LogP contribution in [0.25, 0.3) is 10.9 Å². The first kappa shape index (κ1) is 6.82. The number of benzene rings is 1. The summed E-state index contributed by atoms with van der Waals surface area (Å²) < 4.78 is 78.1. The molecule has 0 aliphatic heterocycles. The van der Waals surface area contributed by atoms with Gasteiger partial charge < -0.3 is 9.13 Å². The number of aryl methyl sites for hydroxylation is 2. The molecule has 0 saturated heterocycles. The number of ketones is 1. The fraction of sp³-hybridized carbons (Fsp3) is 0.333. The van der Waals surface area contributed by atoms with Gasteiger partial charge in [0, 0.05) is 60.8 Å². The van der Waals surface area contributed by atoms with Crippen LogP contribution in [0, 0.1) is 12.8 Å². The number of aromatic nitrogens is 3. The lowest BCUT2D eigenvalue weighted by Gasteiger charge is -2.23. The topological polar surface area (TPSA) is 39.8 Å². The third kappa shape index (κ3) is 1.83. The number of carbonyl (C=O) groups is 1. The standard InChI is InChI=1S/C18H19N3O/c1-12-19-9-10-21(12)11-13-7-8-16-17(18(13)22)14-5-3-4-6-15(14)20(16)2/h3-6,9-10,13H,7-8,11H2,1-2H3/i7D2,8D2,9D,10D,11D2,13D. The van der Waals surface area contributed by atoms with Gasteiger partial charge in [0.2, 0.25) is 0 Å². The lowest BCUT2D eigenvalue weighted by Crippen LogP contribution is -2.27. The highest BCUT2D eigenvalue weighted by Crippen LogP contribution is 2.34. The van der Waals surface area contributed by atoms with Crippen LogP contribution in [0.4, 0.5) is 0 Å². The molecule has 0 bridgehead atoms. The van der Waals surface area contributed by atoms with E-state index in [0.717, 1.165) is 0 Å². The molecular formula is C18H19N3O. The van der Waals surface area contributed by atoms with Gasteiger partial charge in [-0.25, -0.2) is 4.98 Å². The fourth-order valence-corrected chi connectivity index (χ4v) is 2.66. The maximum Gasteiger partial charge on any atom is 0.170 e. The van der Waals surface area contributed by atoms with E-state index in [9.17, 15) is 4.79 Å². The molecule has 1 aliphatic rings. The minimum atomic E-state index is -3.35. The van der Waals surface area contributed by atoms with Crippen LogP contribution in [0.1, 0.15) is 40.6 Å². The molecule has 112 valence electrons. The summed E-state index contributed by atoms with van der Waals surface area (Å²) in [4.78, 5) is 17.4. The Morgan fingerprint density at radius 2 is 2.36 bits per heavy atom. The molecule has 0 N–H and O–H groups in total. The molecule has 0 saturated carbocycles. The molecule has 1 aliphatic carbocycles. The van der Waals surface area contributed by atoms with Gasteiger partial charge in [-0.05, 0) is 25.7 Å². The van der Waals surface area contributed by atoms with E-state index >= 15 is 0 Å². The van der Waals surface area contributed by atoms with E-state index in [1.54, 1.807) is 24.3 Å². The summed E-state index contributed by atoms with van der Waals surface area (Å²) in [7, 11) is 1.49. The zero-order valence-electron chi connectivity index (χ0n) is 21.1. The van der Waals surface area contributed by atoms with Crippen molar-refractivity contribution in [2.75, 3.05) is 0 Å². The van der Waals surface area contributed by atoms with Crippen molar-refractivity contribution in [1.82, 2.24) is 14.1 Å². The molecule has 0 radical (unpaired) electrons. The third-order valence-corrected chi connectivity index (χ3v) is 3.79. The van der Waals surface area contributed by atoms with Crippen molar-refractivity contribution < 1.29 is 17.1 Å². The van der Waals surface area contributed by atoms with Crippen molar-refractivity contribution >= 4 is 16.7 Å². The van der Waals surface area contributed by atoms with E-state index in [1.165, 1.54) is 18.5 Å². The first-order chi connectivity index (χ1) is 14.1. The molecule has 4 nitrogen and oxygen atoms in total. The molecule has 1 atom stereocenters. The summed E-state index contributed by atoms with van der Waals surface area (Å²) >= 11 is 0. The van der Waals surface area contributed by atoms with Crippen molar-refractivity contribution in [2.45, 2.75) is 26.2 Å². The quantitative estimate of drug-likeness (QED) is 0.729. The molecule has 2 heterocycles. The third-order valence-electron chi connectivity index (χ3n) is 3.79. The van der Waals surface area contributed by atoms with Crippen LogP contribution < -0.4 is 0 Å². The van der Waals surface area contributed by atoms with Gasteiger partial charge in [0.1, 0.15) is 5.82 Å². The summed E-state index contributed by atoms with van der Waals surface area (Å²) in [6.07, 6.45) is -7.61. The van der Waals surface area contributed by atoms with Crippen molar-refractivity contribution in [3.63, 3.8) is 0 Å². The van der Waals surface area contributed by atoms with Gasteiger partial charge in [0.05, 0.1) is 5.48 Å². The number of para-hydroxylation sites is 1. The molecule has 2 aromatic heterocycles.